The lowest BCUT2D eigenvalue weighted by Crippen LogP contribution is -2.32. The van der Waals surface area contributed by atoms with Gasteiger partial charge in [0.25, 0.3) is 0 Å². The van der Waals surface area contributed by atoms with Crippen LogP contribution in [0.3, 0.4) is 0 Å². The summed E-state index contributed by atoms with van der Waals surface area (Å²) in [7, 11) is 0.138. The second-order valence-corrected chi connectivity index (χ2v) is 6.93. The predicted octanol–water partition coefficient (Wildman–Crippen LogP) is 3.01. The van der Waals surface area contributed by atoms with E-state index in [1.54, 1.807) is 14.0 Å². The quantitative estimate of drug-likeness (QED) is 0.510. The van der Waals surface area contributed by atoms with Crippen molar-refractivity contribution in [3.05, 3.63) is 46.6 Å². The van der Waals surface area contributed by atoms with Gasteiger partial charge in [-0.3, -0.25) is 4.21 Å². The van der Waals surface area contributed by atoms with Gasteiger partial charge in [0.15, 0.2) is 4.91 Å². The molecule has 0 fully saturated rings. The number of ether oxygens (including phenoxy) is 4. The smallest absolute Gasteiger partial charge is 0.350 e. The average Bonchev–Trinajstić information content (AvgIpc) is 2.61. The van der Waals surface area contributed by atoms with Gasteiger partial charge in [-0.05, 0) is 38.0 Å². The van der Waals surface area contributed by atoms with Crippen molar-refractivity contribution < 1.29 is 28.0 Å². The first-order valence-electron chi connectivity index (χ1n) is 8.40. The Morgan fingerprint density at radius 1 is 1.35 bits per heavy atom. The van der Waals surface area contributed by atoms with Crippen LogP contribution in [0.25, 0.3) is 6.08 Å². The number of rotatable bonds is 8. The number of hydrogen-bond acceptors (Lipinski definition) is 6. The highest BCUT2D eigenvalue weighted by atomic mass is 32.2. The number of methoxy groups -OCH3 is 1. The largest absolute Gasteiger partial charge is 0.497 e. The van der Waals surface area contributed by atoms with E-state index < -0.39 is 23.1 Å². The normalized spacial score (nSPS) is 20.1. The third-order valence-electron chi connectivity index (χ3n) is 3.62. The van der Waals surface area contributed by atoms with Crippen LogP contribution in [0.4, 0.5) is 0 Å². The SMILES string of the molecule is CCOC1CS(=O)C(C(=O)OCC/C=C/c2ccc(OC)cc2)=C(C)O1. The summed E-state index contributed by atoms with van der Waals surface area (Å²) in [6.07, 6.45) is 3.83. The van der Waals surface area contributed by atoms with Crippen LogP contribution >= 0.6 is 0 Å². The Balaban J connectivity index is 1.81. The van der Waals surface area contributed by atoms with Crippen LogP contribution in [0, 0.1) is 0 Å². The van der Waals surface area contributed by atoms with Gasteiger partial charge in [-0.25, -0.2) is 4.79 Å². The zero-order chi connectivity index (χ0) is 18.9. The summed E-state index contributed by atoms with van der Waals surface area (Å²) in [5, 5.41) is 0. The summed E-state index contributed by atoms with van der Waals surface area (Å²) in [6, 6.07) is 7.63. The van der Waals surface area contributed by atoms with E-state index in [0.717, 1.165) is 11.3 Å². The molecule has 6 nitrogen and oxygen atoms in total. The molecule has 0 saturated carbocycles. The molecule has 2 rings (SSSR count). The average molecular weight is 380 g/mol. The van der Waals surface area contributed by atoms with Gasteiger partial charge >= 0.3 is 5.97 Å². The Labute approximate surface area is 156 Å². The molecule has 0 N–H and O–H groups in total. The van der Waals surface area contributed by atoms with Crippen LogP contribution in [0.15, 0.2) is 41.0 Å². The van der Waals surface area contributed by atoms with E-state index >= 15 is 0 Å². The molecule has 0 amide bonds. The van der Waals surface area contributed by atoms with Crippen molar-refractivity contribution in [1.82, 2.24) is 0 Å². The van der Waals surface area contributed by atoms with Crippen molar-refractivity contribution >= 4 is 22.8 Å². The molecular weight excluding hydrogens is 356 g/mol. The second-order valence-electron chi connectivity index (χ2n) is 5.50. The van der Waals surface area contributed by atoms with Crippen LogP contribution in [0.2, 0.25) is 0 Å². The van der Waals surface area contributed by atoms with Crippen LogP contribution in [0.5, 0.6) is 5.75 Å². The second kappa shape index (κ2) is 10.1. The standard InChI is InChI=1S/C19H24O6S/c1-4-23-17-13-26(21)18(14(2)25-17)19(20)24-12-6-5-7-15-8-10-16(22-3)11-9-15/h5,7-11,17H,4,6,12-13H2,1-3H3/b7-5+. The van der Waals surface area contributed by atoms with Crippen molar-refractivity contribution in [2.75, 3.05) is 26.1 Å². The fourth-order valence-corrected chi connectivity index (χ4v) is 3.57. The molecule has 0 radical (unpaired) electrons. The lowest BCUT2D eigenvalue weighted by atomic mass is 10.2. The van der Waals surface area contributed by atoms with Crippen molar-refractivity contribution in [2.45, 2.75) is 26.6 Å². The zero-order valence-corrected chi connectivity index (χ0v) is 16.0. The first kappa shape index (κ1) is 20.2. The third-order valence-corrected chi connectivity index (χ3v) is 5.11. The Morgan fingerprint density at radius 2 is 2.08 bits per heavy atom. The molecule has 1 aromatic carbocycles. The van der Waals surface area contributed by atoms with E-state index in [1.165, 1.54) is 0 Å². The number of esters is 1. The Morgan fingerprint density at radius 3 is 2.69 bits per heavy atom. The first-order chi connectivity index (χ1) is 12.5. The summed E-state index contributed by atoms with van der Waals surface area (Å²) in [5.74, 6) is 0.627. The highest BCUT2D eigenvalue weighted by Crippen LogP contribution is 2.22. The Hall–Kier alpha value is -2.12. The summed E-state index contributed by atoms with van der Waals surface area (Å²) in [5.41, 5.74) is 1.03. The number of carbonyl (C=O) groups excluding carboxylic acids is 1. The van der Waals surface area contributed by atoms with Gasteiger partial charge in [0.1, 0.15) is 11.5 Å². The maximum Gasteiger partial charge on any atom is 0.350 e. The highest BCUT2D eigenvalue weighted by Gasteiger charge is 2.31. The fraction of sp³-hybridized carbons (Fsp3) is 0.421. The van der Waals surface area contributed by atoms with E-state index in [4.69, 9.17) is 18.9 Å². The molecule has 0 spiro atoms. The molecule has 0 saturated heterocycles. The van der Waals surface area contributed by atoms with Crippen LogP contribution in [0.1, 0.15) is 25.8 Å². The van der Waals surface area contributed by atoms with Crippen LogP contribution in [-0.2, 0) is 29.8 Å². The monoisotopic (exact) mass is 380 g/mol. The molecule has 0 bridgehead atoms. The highest BCUT2D eigenvalue weighted by molar-refractivity contribution is 7.90. The zero-order valence-electron chi connectivity index (χ0n) is 15.2. The molecule has 1 aromatic rings. The number of benzene rings is 1. The molecule has 7 heteroatoms. The summed E-state index contributed by atoms with van der Waals surface area (Å²) in [4.78, 5) is 12.2. The summed E-state index contributed by atoms with van der Waals surface area (Å²) in [6.45, 7) is 4.08. The molecule has 1 heterocycles. The van der Waals surface area contributed by atoms with Gasteiger partial charge in [0, 0.05) is 6.61 Å². The minimum Gasteiger partial charge on any atom is -0.497 e. The molecule has 1 aliphatic heterocycles. The Bertz CT molecular complexity index is 692. The van der Waals surface area contributed by atoms with Gasteiger partial charge < -0.3 is 18.9 Å². The minimum atomic E-state index is -1.48. The van der Waals surface area contributed by atoms with Gasteiger partial charge in [0.2, 0.25) is 6.29 Å². The topological polar surface area (TPSA) is 71.1 Å². The predicted molar refractivity (Wildman–Crippen MR) is 99.8 cm³/mol. The number of allylic oxidation sites excluding steroid dienone is 1. The molecule has 1 aliphatic rings. The van der Waals surface area contributed by atoms with Crippen molar-refractivity contribution in [2.24, 2.45) is 0 Å². The van der Waals surface area contributed by atoms with E-state index in [2.05, 4.69) is 0 Å². The number of hydrogen-bond donors (Lipinski definition) is 0. The maximum atomic E-state index is 12.2. The molecule has 0 aliphatic carbocycles. The van der Waals surface area contributed by atoms with E-state index in [9.17, 15) is 9.00 Å². The lowest BCUT2D eigenvalue weighted by Gasteiger charge is -2.25. The van der Waals surface area contributed by atoms with Gasteiger partial charge in [-0.2, -0.15) is 0 Å². The van der Waals surface area contributed by atoms with Crippen molar-refractivity contribution in [1.29, 1.82) is 0 Å². The Kier molecular flexibility index (Phi) is 7.87. The minimum absolute atomic E-state index is 0.0834. The fourth-order valence-electron chi connectivity index (χ4n) is 2.38. The maximum absolute atomic E-state index is 12.2. The molecule has 142 valence electrons. The van der Waals surface area contributed by atoms with Crippen LogP contribution < -0.4 is 4.74 Å². The molecule has 2 unspecified atom stereocenters. The molecule has 2 atom stereocenters. The number of carbonyl (C=O) groups is 1. The van der Waals surface area contributed by atoms with Crippen molar-refractivity contribution in [3.8, 4) is 5.75 Å². The van der Waals surface area contributed by atoms with E-state index in [0.29, 0.717) is 18.8 Å². The molecule has 26 heavy (non-hydrogen) atoms. The summed E-state index contributed by atoms with van der Waals surface area (Å²) >= 11 is 0. The lowest BCUT2D eigenvalue weighted by molar-refractivity contribution is -0.139. The van der Waals surface area contributed by atoms with Crippen LogP contribution in [-0.4, -0.2) is 42.5 Å². The van der Waals surface area contributed by atoms with Gasteiger partial charge in [-0.15, -0.1) is 0 Å². The molecular formula is C19H24O6S. The van der Waals surface area contributed by atoms with E-state index in [1.807, 2.05) is 43.3 Å². The van der Waals surface area contributed by atoms with Gasteiger partial charge in [-0.1, -0.05) is 24.3 Å². The third kappa shape index (κ3) is 5.71. The van der Waals surface area contributed by atoms with Gasteiger partial charge in [0.05, 0.1) is 30.3 Å². The first-order valence-corrected chi connectivity index (χ1v) is 9.72. The summed E-state index contributed by atoms with van der Waals surface area (Å²) < 4.78 is 33.3. The van der Waals surface area contributed by atoms with Crippen molar-refractivity contribution in [3.63, 3.8) is 0 Å². The molecule has 0 aromatic heterocycles. The van der Waals surface area contributed by atoms with E-state index in [-0.39, 0.29) is 17.3 Å².